The lowest BCUT2D eigenvalue weighted by Gasteiger charge is -2.32. The summed E-state index contributed by atoms with van der Waals surface area (Å²) in [6.45, 7) is 15.7. The Morgan fingerprint density at radius 3 is 2.60 bits per heavy atom. The summed E-state index contributed by atoms with van der Waals surface area (Å²) in [7, 11) is 0. The summed E-state index contributed by atoms with van der Waals surface area (Å²) in [4.78, 5) is 0. The fourth-order valence-corrected chi connectivity index (χ4v) is 3.34. The first-order chi connectivity index (χ1) is 11.9. The third-order valence-electron chi connectivity index (χ3n) is 5.05. The van der Waals surface area contributed by atoms with Crippen molar-refractivity contribution in [3.05, 3.63) is 58.7 Å². The molecule has 0 aromatic heterocycles. The Bertz CT molecular complexity index is 553. The largest absolute Gasteiger partial charge is 0.313 e. The van der Waals surface area contributed by atoms with Crippen molar-refractivity contribution in [1.29, 1.82) is 0 Å². The van der Waals surface area contributed by atoms with E-state index in [0.29, 0.717) is 5.41 Å². The first-order valence-electron chi connectivity index (χ1n) is 9.97. The molecule has 1 rings (SSSR count). The first-order valence-corrected chi connectivity index (χ1v) is 9.97. The maximum Gasteiger partial charge on any atom is 0.0140 e. The predicted octanol–water partition coefficient (Wildman–Crippen LogP) is 6.91. The quantitative estimate of drug-likeness (QED) is 0.355. The number of rotatable bonds is 9. The molecule has 0 unspecified atom stereocenters. The van der Waals surface area contributed by atoms with Gasteiger partial charge >= 0.3 is 0 Å². The third kappa shape index (κ3) is 8.54. The molecule has 140 valence electrons. The zero-order valence-electron chi connectivity index (χ0n) is 17.4. The molecule has 0 saturated carbocycles. The van der Waals surface area contributed by atoms with E-state index in [0.717, 1.165) is 13.1 Å². The second-order valence-electron chi connectivity index (χ2n) is 8.04. The summed E-state index contributed by atoms with van der Waals surface area (Å²) >= 11 is 0. The Morgan fingerprint density at radius 1 is 1.16 bits per heavy atom. The average Bonchev–Trinajstić information content (AvgIpc) is 2.53. The van der Waals surface area contributed by atoms with E-state index in [2.05, 4.69) is 83.3 Å². The van der Waals surface area contributed by atoms with Crippen LogP contribution in [0.5, 0.6) is 0 Å². The minimum absolute atomic E-state index is 0.319. The second-order valence-corrected chi connectivity index (χ2v) is 8.04. The van der Waals surface area contributed by atoms with Gasteiger partial charge in [-0.25, -0.2) is 0 Å². The van der Waals surface area contributed by atoms with Crippen LogP contribution in [0.15, 0.2) is 58.7 Å². The van der Waals surface area contributed by atoms with Crippen LogP contribution in [0.3, 0.4) is 0 Å². The van der Waals surface area contributed by atoms with Gasteiger partial charge < -0.3 is 5.32 Å². The van der Waals surface area contributed by atoms with Crippen molar-refractivity contribution >= 4 is 0 Å². The van der Waals surface area contributed by atoms with Gasteiger partial charge in [0.25, 0.3) is 0 Å². The van der Waals surface area contributed by atoms with E-state index in [-0.39, 0.29) is 0 Å². The summed E-state index contributed by atoms with van der Waals surface area (Å²) in [5.74, 6) is 0. The summed E-state index contributed by atoms with van der Waals surface area (Å²) in [5.41, 5.74) is 6.02. The molecule has 0 atom stereocenters. The van der Waals surface area contributed by atoms with Crippen molar-refractivity contribution in [3.63, 3.8) is 0 Å². The number of allylic oxidation sites excluding steroid dienone is 9. The summed E-state index contributed by atoms with van der Waals surface area (Å²) in [6, 6.07) is 0. The number of hydrogen-bond acceptors (Lipinski definition) is 1. The Balaban J connectivity index is 2.56. The van der Waals surface area contributed by atoms with Crippen LogP contribution in [0.4, 0.5) is 0 Å². The fourth-order valence-electron chi connectivity index (χ4n) is 3.34. The molecule has 0 spiro atoms. The summed E-state index contributed by atoms with van der Waals surface area (Å²) in [5, 5.41) is 3.44. The molecule has 0 radical (unpaired) electrons. The molecule has 0 amide bonds. The zero-order chi connectivity index (χ0) is 18.7. The van der Waals surface area contributed by atoms with Crippen LogP contribution in [0, 0.1) is 5.41 Å². The van der Waals surface area contributed by atoms with Crippen LogP contribution in [-0.2, 0) is 0 Å². The molecule has 0 fully saturated rings. The zero-order valence-corrected chi connectivity index (χ0v) is 17.4. The van der Waals surface area contributed by atoms with E-state index in [4.69, 9.17) is 0 Å². The molecule has 1 N–H and O–H groups in total. The van der Waals surface area contributed by atoms with Crippen molar-refractivity contribution in [3.8, 4) is 0 Å². The molecular formula is C24H39N. The van der Waals surface area contributed by atoms with Crippen LogP contribution < -0.4 is 5.32 Å². The molecule has 25 heavy (non-hydrogen) atoms. The van der Waals surface area contributed by atoms with E-state index in [1.807, 2.05) is 0 Å². The summed E-state index contributed by atoms with van der Waals surface area (Å²) < 4.78 is 0. The number of hydrogen-bond donors (Lipinski definition) is 1. The van der Waals surface area contributed by atoms with Gasteiger partial charge in [0, 0.05) is 6.54 Å². The molecule has 0 aromatic rings. The van der Waals surface area contributed by atoms with Gasteiger partial charge in [0.15, 0.2) is 0 Å². The van der Waals surface area contributed by atoms with Crippen LogP contribution in [0.25, 0.3) is 0 Å². The maximum absolute atomic E-state index is 3.44. The third-order valence-corrected chi connectivity index (χ3v) is 5.05. The highest BCUT2D eigenvalue weighted by atomic mass is 14.8. The van der Waals surface area contributed by atoms with Crippen molar-refractivity contribution < 1.29 is 0 Å². The standard InChI is InChI=1S/C24H39N/c1-7-8-18-25-19-16-21(3)12-9-11-20(2)14-15-23-22(4)13-10-17-24(23,5)6/h9,11-12,14-16,25H,7-8,10,13,17-19H2,1-6H3/b12-9+,15-14+,20-11+,21-16+. The predicted molar refractivity (Wildman–Crippen MR) is 114 cm³/mol. The lowest BCUT2D eigenvalue weighted by atomic mass is 9.72. The molecular weight excluding hydrogens is 302 g/mol. The van der Waals surface area contributed by atoms with Crippen molar-refractivity contribution in [1.82, 2.24) is 5.32 Å². The Labute approximate surface area is 156 Å². The van der Waals surface area contributed by atoms with Gasteiger partial charge in [-0.1, -0.05) is 80.4 Å². The van der Waals surface area contributed by atoms with Gasteiger partial charge in [-0.15, -0.1) is 0 Å². The monoisotopic (exact) mass is 341 g/mol. The maximum atomic E-state index is 3.44. The van der Waals surface area contributed by atoms with E-state index >= 15 is 0 Å². The van der Waals surface area contributed by atoms with Crippen LogP contribution in [-0.4, -0.2) is 13.1 Å². The molecule has 0 bridgehead atoms. The van der Waals surface area contributed by atoms with Gasteiger partial charge in [-0.2, -0.15) is 0 Å². The van der Waals surface area contributed by atoms with Crippen LogP contribution >= 0.6 is 0 Å². The Morgan fingerprint density at radius 2 is 1.92 bits per heavy atom. The average molecular weight is 342 g/mol. The van der Waals surface area contributed by atoms with Crippen molar-refractivity contribution in [2.24, 2.45) is 5.41 Å². The van der Waals surface area contributed by atoms with Crippen LogP contribution in [0.1, 0.15) is 73.6 Å². The van der Waals surface area contributed by atoms with Crippen LogP contribution in [0.2, 0.25) is 0 Å². The second kappa shape index (κ2) is 11.3. The molecule has 1 aliphatic rings. The molecule has 0 heterocycles. The minimum atomic E-state index is 0.319. The lowest BCUT2D eigenvalue weighted by Crippen LogP contribution is -2.19. The topological polar surface area (TPSA) is 12.0 Å². The van der Waals surface area contributed by atoms with E-state index in [1.54, 1.807) is 5.57 Å². The summed E-state index contributed by atoms with van der Waals surface area (Å²) in [6.07, 6.45) is 19.8. The van der Waals surface area contributed by atoms with Gasteiger partial charge in [0.2, 0.25) is 0 Å². The van der Waals surface area contributed by atoms with Crippen molar-refractivity contribution in [2.75, 3.05) is 13.1 Å². The Kier molecular flexibility index (Phi) is 9.82. The molecule has 0 aliphatic heterocycles. The molecule has 0 saturated heterocycles. The Hall–Kier alpha value is -1.34. The van der Waals surface area contributed by atoms with E-state index in [1.165, 1.54) is 48.8 Å². The number of unbranched alkanes of at least 4 members (excludes halogenated alkanes) is 1. The minimum Gasteiger partial charge on any atom is -0.313 e. The van der Waals surface area contributed by atoms with E-state index < -0.39 is 0 Å². The molecule has 1 aliphatic carbocycles. The smallest absolute Gasteiger partial charge is 0.0140 e. The highest BCUT2D eigenvalue weighted by Gasteiger charge is 2.26. The molecule has 0 aromatic carbocycles. The number of nitrogens with one attached hydrogen (secondary N) is 1. The van der Waals surface area contributed by atoms with E-state index in [9.17, 15) is 0 Å². The molecule has 1 heteroatoms. The van der Waals surface area contributed by atoms with Gasteiger partial charge in [0.05, 0.1) is 0 Å². The molecule has 1 nitrogen and oxygen atoms in total. The SMILES string of the molecule is CCCCNC/C=C(C)/C=C/C=C(C)/C=C/C1=C(C)CCCC1(C)C. The van der Waals surface area contributed by atoms with Gasteiger partial charge in [0.1, 0.15) is 0 Å². The first kappa shape index (κ1) is 21.7. The highest BCUT2D eigenvalue weighted by Crippen LogP contribution is 2.40. The normalized spacial score (nSPS) is 19.4. The van der Waals surface area contributed by atoms with Crippen molar-refractivity contribution in [2.45, 2.75) is 73.6 Å². The lowest BCUT2D eigenvalue weighted by molar-refractivity contribution is 0.377. The van der Waals surface area contributed by atoms with Gasteiger partial charge in [-0.05, 0) is 64.0 Å². The fraction of sp³-hybridized carbons (Fsp3) is 0.583. The van der Waals surface area contributed by atoms with Gasteiger partial charge in [-0.3, -0.25) is 0 Å². The highest BCUT2D eigenvalue weighted by molar-refractivity contribution is 5.37.